The average molecular weight is 323 g/mol. The van der Waals surface area contributed by atoms with Gasteiger partial charge in [0, 0.05) is 38.5 Å². The third kappa shape index (κ3) is 4.30. The summed E-state index contributed by atoms with van der Waals surface area (Å²) in [6.07, 6.45) is 0.831. The lowest BCUT2D eigenvalue weighted by Gasteiger charge is -2.27. The van der Waals surface area contributed by atoms with Gasteiger partial charge in [-0.2, -0.15) is 11.8 Å². The van der Waals surface area contributed by atoms with E-state index in [2.05, 4.69) is 10.3 Å². The maximum absolute atomic E-state index is 10.4. The molecular weight excluding hydrogens is 298 g/mol. The zero-order valence-corrected chi connectivity index (χ0v) is 14.3. The van der Waals surface area contributed by atoms with E-state index in [1.807, 2.05) is 36.2 Å². The Morgan fingerprint density at radius 1 is 1.50 bits per heavy atom. The molecular formula is C16H25N3O2S. The van der Waals surface area contributed by atoms with E-state index in [4.69, 9.17) is 4.74 Å². The normalized spacial score (nSPS) is 21.7. The molecule has 1 saturated heterocycles. The summed E-state index contributed by atoms with van der Waals surface area (Å²) in [7, 11) is 5.42. The average Bonchev–Trinajstić information content (AvgIpc) is 2.95. The fourth-order valence-corrected chi connectivity index (χ4v) is 3.82. The minimum Gasteiger partial charge on any atom is -0.496 e. The molecule has 0 saturated carbocycles. The standard InChI is InChI=1S/C16H25N3O2S/c1-17-15(18-11-16(20)8-9-22-12-16)19(2)10-13-6-4-5-7-14(13)21-3/h4-7,20H,8-12H2,1-3H3,(H,17,18). The van der Waals surface area contributed by atoms with E-state index >= 15 is 0 Å². The monoisotopic (exact) mass is 323 g/mol. The van der Waals surface area contributed by atoms with E-state index in [0.717, 1.165) is 35.2 Å². The quantitative estimate of drug-likeness (QED) is 0.636. The lowest BCUT2D eigenvalue weighted by Crippen LogP contribution is -2.47. The molecule has 122 valence electrons. The molecule has 0 aromatic heterocycles. The summed E-state index contributed by atoms with van der Waals surface area (Å²) in [6.45, 7) is 1.22. The van der Waals surface area contributed by atoms with Gasteiger partial charge in [-0.1, -0.05) is 18.2 Å². The molecule has 22 heavy (non-hydrogen) atoms. The van der Waals surface area contributed by atoms with Crippen molar-refractivity contribution in [3.63, 3.8) is 0 Å². The lowest BCUT2D eigenvalue weighted by molar-refractivity contribution is 0.0718. The van der Waals surface area contributed by atoms with Crippen LogP contribution in [0.15, 0.2) is 29.3 Å². The first-order valence-corrected chi connectivity index (χ1v) is 8.57. The molecule has 0 amide bonds. The molecule has 1 aliphatic rings. The second-order valence-electron chi connectivity index (χ2n) is 5.60. The molecule has 0 aliphatic carbocycles. The van der Waals surface area contributed by atoms with Crippen LogP contribution in [-0.2, 0) is 6.54 Å². The Bertz CT molecular complexity index is 516. The van der Waals surface area contributed by atoms with Crippen LogP contribution < -0.4 is 10.1 Å². The largest absolute Gasteiger partial charge is 0.496 e. The van der Waals surface area contributed by atoms with E-state index < -0.39 is 5.60 Å². The Hall–Kier alpha value is -1.40. The molecule has 2 N–H and O–H groups in total. The number of rotatable bonds is 5. The fraction of sp³-hybridized carbons (Fsp3) is 0.562. The number of hydrogen-bond donors (Lipinski definition) is 2. The molecule has 0 radical (unpaired) electrons. The van der Waals surface area contributed by atoms with Crippen molar-refractivity contribution < 1.29 is 9.84 Å². The van der Waals surface area contributed by atoms with Gasteiger partial charge in [0.1, 0.15) is 5.75 Å². The van der Waals surface area contributed by atoms with Crippen LogP contribution in [-0.4, -0.2) is 60.8 Å². The summed E-state index contributed by atoms with van der Waals surface area (Å²) in [5.41, 5.74) is 0.483. The summed E-state index contributed by atoms with van der Waals surface area (Å²) in [5.74, 6) is 3.45. The van der Waals surface area contributed by atoms with Crippen molar-refractivity contribution in [1.29, 1.82) is 0 Å². The van der Waals surface area contributed by atoms with Crippen molar-refractivity contribution in [2.24, 2.45) is 4.99 Å². The third-order valence-corrected chi connectivity index (χ3v) is 5.07. The number of nitrogens with one attached hydrogen (secondary N) is 1. The number of ether oxygens (including phenoxy) is 1. The molecule has 5 nitrogen and oxygen atoms in total. The maximum Gasteiger partial charge on any atom is 0.193 e. The molecule has 1 aliphatic heterocycles. The Balaban J connectivity index is 1.95. The van der Waals surface area contributed by atoms with Crippen molar-refractivity contribution in [3.05, 3.63) is 29.8 Å². The molecule has 1 aromatic carbocycles. The van der Waals surface area contributed by atoms with Crippen molar-refractivity contribution in [3.8, 4) is 5.75 Å². The molecule has 1 unspecified atom stereocenters. The SMILES string of the molecule is CN=C(NCC1(O)CCSC1)N(C)Cc1ccccc1OC. The number of methoxy groups -OCH3 is 1. The van der Waals surface area contributed by atoms with Crippen molar-refractivity contribution >= 4 is 17.7 Å². The number of benzene rings is 1. The summed E-state index contributed by atoms with van der Waals surface area (Å²) in [4.78, 5) is 6.34. The minimum atomic E-state index is -0.619. The molecule has 2 rings (SSSR count). The Kier molecular flexibility index (Phi) is 5.97. The van der Waals surface area contributed by atoms with Crippen molar-refractivity contribution in [1.82, 2.24) is 10.2 Å². The summed E-state index contributed by atoms with van der Waals surface area (Å²) < 4.78 is 5.39. The molecule has 0 spiro atoms. The maximum atomic E-state index is 10.4. The highest BCUT2D eigenvalue weighted by Gasteiger charge is 2.31. The highest BCUT2D eigenvalue weighted by molar-refractivity contribution is 7.99. The Morgan fingerprint density at radius 2 is 2.27 bits per heavy atom. The second kappa shape index (κ2) is 7.74. The van der Waals surface area contributed by atoms with E-state index in [-0.39, 0.29) is 0 Å². The van der Waals surface area contributed by atoms with Crippen LogP contribution in [0, 0.1) is 0 Å². The van der Waals surface area contributed by atoms with Crippen LogP contribution in [0.25, 0.3) is 0 Å². The smallest absolute Gasteiger partial charge is 0.193 e. The Morgan fingerprint density at radius 3 is 2.91 bits per heavy atom. The Labute approximate surface area is 136 Å². The zero-order valence-electron chi connectivity index (χ0n) is 13.5. The molecule has 1 heterocycles. The van der Waals surface area contributed by atoms with Crippen molar-refractivity contribution in [2.75, 3.05) is 39.3 Å². The van der Waals surface area contributed by atoms with Gasteiger partial charge < -0.3 is 20.1 Å². The van der Waals surface area contributed by atoms with Gasteiger partial charge in [-0.05, 0) is 18.2 Å². The molecule has 6 heteroatoms. The minimum absolute atomic E-state index is 0.531. The van der Waals surface area contributed by atoms with Crippen LogP contribution in [0.4, 0.5) is 0 Å². The second-order valence-corrected chi connectivity index (χ2v) is 6.70. The lowest BCUT2D eigenvalue weighted by atomic mass is 10.0. The first-order valence-electron chi connectivity index (χ1n) is 7.42. The first kappa shape index (κ1) is 17.0. The van der Waals surface area contributed by atoms with E-state index in [1.54, 1.807) is 25.9 Å². The third-order valence-electron chi connectivity index (χ3n) is 3.83. The predicted molar refractivity (Wildman–Crippen MR) is 92.7 cm³/mol. The van der Waals surface area contributed by atoms with Crippen LogP contribution in [0.1, 0.15) is 12.0 Å². The highest BCUT2D eigenvalue weighted by atomic mass is 32.2. The number of guanidine groups is 1. The van der Waals surface area contributed by atoms with Crippen LogP contribution in [0.2, 0.25) is 0 Å². The molecule has 0 bridgehead atoms. The van der Waals surface area contributed by atoms with Gasteiger partial charge in [-0.3, -0.25) is 4.99 Å². The zero-order chi connectivity index (χ0) is 16.0. The summed E-state index contributed by atoms with van der Waals surface area (Å²) in [6, 6.07) is 7.96. The highest BCUT2D eigenvalue weighted by Crippen LogP contribution is 2.27. The van der Waals surface area contributed by atoms with E-state index in [0.29, 0.717) is 13.1 Å². The summed E-state index contributed by atoms with van der Waals surface area (Å²) in [5, 5.41) is 13.7. The van der Waals surface area contributed by atoms with Crippen LogP contribution in [0.3, 0.4) is 0 Å². The van der Waals surface area contributed by atoms with Gasteiger partial charge in [0.05, 0.1) is 12.7 Å². The molecule has 1 atom stereocenters. The molecule has 1 fully saturated rings. The predicted octanol–water partition coefficient (Wildman–Crippen LogP) is 1.57. The van der Waals surface area contributed by atoms with Gasteiger partial charge >= 0.3 is 0 Å². The van der Waals surface area contributed by atoms with Crippen LogP contribution in [0.5, 0.6) is 5.75 Å². The van der Waals surface area contributed by atoms with E-state index in [9.17, 15) is 5.11 Å². The number of para-hydroxylation sites is 1. The van der Waals surface area contributed by atoms with Gasteiger partial charge in [-0.15, -0.1) is 0 Å². The summed E-state index contributed by atoms with van der Waals surface area (Å²) >= 11 is 1.80. The molecule has 1 aromatic rings. The fourth-order valence-electron chi connectivity index (χ4n) is 2.53. The topological polar surface area (TPSA) is 57.1 Å². The van der Waals surface area contributed by atoms with Gasteiger partial charge in [0.25, 0.3) is 0 Å². The van der Waals surface area contributed by atoms with Gasteiger partial charge in [-0.25, -0.2) is 0 Å². The van der Waals surface area contributed by atoms with Crippen LogP contribution >= 0.6 is 11.8 Å². The number of aliphatic hydroxyl groups is 1. The van der Waals surface area contributed by atoms with Crippen molar-refractivity contribution in [2.45, 2.75) is 18.6 Å². The number of aliphatic imine (C=N–C) groups is 1. The first-order chi connectivity index (χ1) is 10.6. The number of nitrogens with zero attached hydrogens (tertiary/aromatic N) is 2. The van der Waals surface area contributed by atoms with E-state index in [1.165, 1.54) is 0 Å². The number of hydrogen-bond acceptors (Lipinski definition) is 4. The number of thioether (sulfide) groups is 1. The van der Waals surface area contributed by atoms with Gasteiger partial charge in [0.2, 0.25) is 0 Å². The van der Waals surface area contributed by atoms with Gasteiger partial charge in [0.15, 0.2) is 5.96 Å².